The van der Waals surface area contributed by atoms with Crippen molar-refractivity contribution in [3.8, 4) is 0 Å². The summed E-state index contributed by atoms with van der Waals surface area (Å²) < 4.78 is 0. The number of carbonyl (C=O) groups is 1. The highest BCUT2D eigenvalue weighted by atomic mass is 16.3. The van der Waals surface area contributed by atoms with Crippen molar-refractivity contribution in [2.24, 2.45) is 17.3 Å². The molecule has 0 aliphatic heterocycles. The van der Waals surface area contributed by atoms with Gasteiger partial charge in [0.2, 0.25) is 0 Å². The van der Waals surface area contributed by atoms with Gasteiger partial charge in [-0.2, -0.15) is 0 Å². The van der Waals surface area contributed by atoms with Crippen molar-refractivity contribution >= 4 is 5.78 Å². The minimum atomic E-state index is -0.912. The molecule has 96 valence electrons. The summed E-state index contributed by atoms with van der Waals surface area (Å²) in [5, 5.41) is 10.9. The average molecular weight is 245 g/mol. The van der Waals surface area contributed by atoms with Gasteiger partial charge in [-0.3, -0.25) is 9.78 Å². The Morgan fingerprint density at radius 3 is 2.78 bits per heavy atom. The zero-order valence-electron chi connectivity index (χ0n) is 11.1. The predicted molar refractivity (Wildman–Crippen MR) is 68.1 cm³/mol. The maximum absolute atomic E-state index is 12.5. The number of pyridine rings is 1. The zero-order valence-corrected chi connectivity index (χ0v) is 11.1. The van der Waals surface area contributed by atoms with Gasteiger partial charge in [0.1, 0.15) is 0 Å². The summed E-state index contributed by atoms with van der Waals surface area (Å²) in [5.41, 5.74) is 0.581. The van der Waals surface area contributed by atoms with Crippen molar-refractivity contribution in [2.75, 3.05) is 0 Å². The van der Waals surface area contributed by atoms with Gasteiger partial charge in [-0.15, -0.1) is 0 Å². The normalized spacial score (nSPS) is 37.2. The summed E-state index contributed by atoms with van der Waals surface area (Å²) in [5.74, 6) is 0.154. The fourth-order valence-corrected chi connectivity index (χ4v) is 3.86. The van der Waals surface area contributed by atoms with E-state index < -0.39 is 5.60 Å². The van der Waals surface area contributed by atoms with Crippen LogP contribution in [0.3, 0.4) is 0 Å². The van der Waals surface area contributed by atoms with Gasteiger partial charge >= 0.3 is 0 Å². The van der Waals surface area contributed by atoms with Crippen molar-refractivity contribution in [1.29, 1.82) is 0 Å². The summed E-state index contributed by atoms with van der Waals surface area (Å²) in [6, 6.07) is 1.79. The van der Waals surface area contributed by atoms with Crippen LogP contribution in [0, 0.1) is 17.3 Å². The van der Waals surface area contributed by atoms with Crippen molar-refractivity contribution in [3.05, 3.63) is 29.6 Å². The third-order valence-electron chi connectivity index (χ3n) is 4.72. The Balaban J connectivity index is 2.16. The number of hydrogen-bond donors (Lipinski definition) is 1. The topological polar surface area (TPSA) is 50.2 Å². The minimum absolute atomic E-state index is 0.0369. The second-order valence-electron chi connectivity index (χ2n) is 6.72. The molecule has 3 atom stereocenters. The first-order valence-corrected chi connectivity index (χ1v) is 6.54. The first-order chi connectivity index (χ1) is 8.33. The number of nitrogens with zero attached hydrogens (tertiary/aromatic N) is 1. The first kappa shape index (κ1) is 11.8. The maximum atomic E-state index is 12.5. The van der Waals surface area contributed by atoms with Gasteiger partial charge in [0.15, 0.2) is 5.78 Å². The highest BCUT2D eigenvalue weighted by Gasteiger charge is 2.55. The molecule has 2 aliphatic carbocycles. The molecule has 0 spiro atoms. The summed E-state index contributed by atoms with van der Waals surface area (Å²) in [6.07, 6.45) is 5.02. The number of hydrogen-bond acceptors (Lipinski definition) is 3. The van der Waals surface area contributed by atoms with Crippen molar-refractivity contribution < 1.29 is 9.90 Å². The molecular formula is C15H19NO2. The lowest BCUT2D eigenvalue weighted by Gasteiger charge is -2.39. The van der Waals surface area contributed by atoms with Gasteiger partial charge in [-0.25, -0.2) is 0 Å². The molecule has 3 nitrogen and oxygen atoms in total. The van der Waals surface area contributed by atoms with E-state index in [0.29, 0.717) is 5.56 Å². The Kier molecular flexibility index (Phi) is 2.25. The Bertz CT molecular complexity index is 519. The molecule has 0 saturated heterocycles. The lowest BCUT2D eigenvalue weighted by atomic mass is 9.68. The maximum Gasteiger partial charge on any atom is 0.168 e. The second-order valence-corrected chi connectivity index (χ2v) is 6.72. The van der Waals surface area contributed by atoms with Crippen LogP contribution in [0.25, 0.3) is 0 Å². The first-order valence-electron chi connectivity index (χ1n) is 6.54. The Labute approximate surface area is 107 Å². The van der Waals surface area contributed by atoms with Crippen LogP contribution in [0.5, 0.6) is 0 Å². The highest BCUT2D eigenvalue weighted by molar-refractivity contribution is 6.01. The van der Waals surface area contributed by atoms with E-state index in [2.05, 4.69) is 18.8 Å². The molecular weight excluding hydrogens is 226 g/mol. The zero-order chi connectivity index (χ0) is 13.1. The van der Waals surface area contributed by atoms with Gasteiger partial charge in [-0.1, -0.05) is 13.8 Å². The molecule has 0 amide bonds. The second kappa shape index (κ2) is 3.41. The molecule has 1 aromatic rings. The molecule has 1 heterocycles. The molecule has 18 heavy (non-hydrogen) atoms. The lowest BCUT2D eigenvalue weighted by Crippen LogP contribution is -2.43. The van der Waals surface area contributed by atoms with Crippen LogP contribution in [0.15, 0.2) is 18.5 Å². The quantitative estimate of drug-likeness (QED) is 0.764. The number of aromatic nitrogens is 1. The number of ketones is 1. The molecule has 1 N–H and O–H groups in total. The van der Waals surface area contributed by atoms with Crippen LogP contribution in [0.2, 0.25) is 0 Å². The van der Waals surface area contributed by atoms with Crippen LogP contribution in [-0.2, 0) is 5.60 Å². The van der Waals surface area contributed by atoms with Gasteiger partial charge < -0.3 is 5.11 Å². The minimum Gasteiger partial charge on any atom is -0.385 e. The third kappa shape index (κ3) is 1.46. The molecule has 3 heteroatoms. The fraction of sp³-hybridized carbons (Fsp3) is 0.600. The van der Waals surface area contributed by atoms with Crippen LogP contribution >= 0.6 is 0 Å². The fourth-order valence-electron chi connectivity index (χ4n) is 3.86. The largest absolute Gasteiger partial charge is 0.385 e. The highest BCUT2D eigenvalue weighted by Crippen LogP contribution is 2.55. The Morgan fingerprint density at radius 1 is 1.33 bits per heavy atom. The predicted octanol–water partition coefficient (Wildman–Crippen LogP) is 2.54. The van der Waals surface area contributed by atoms with Gasteiger partial charge in [0, 0.05) is 29.8 Å². The van der Waals surface area contributed by atoms with Crippen LogP contribution in [0.1, 0.15) is 49.5 Å². The molecule has 3 rings (SSSR count). The van der Waals surface area contributed by atoms with Crippen molar-refractivity contribution in [1.82, 2.24) is 4.98 Å². The number of rotatable bonds is 0. The van der Waals surface area contributed by atoms with E-state index in [1.54, 1.807) is 18.5 Å². The lowest BCUT2D eigenvalue weighted by molar-refractivity contribution is -0.0280. The molecule has 1 saturated carbocycles. The summed E-state index contributed by atoms with van der Waals surface area (Å²) in [6.45, 7) is 6.20. The molecule has 0 aromatic carbocycles. The van der Waals surface area contributed by atoms with Gasteiger partial charge in [0.25, 0.3) is 0 Å². The molecule has 1 fully saturated rings. The Hall–Kier alpha value is -1.22. The van der Waals surface area contributed by atoms with Crippen LogP contribution in [0.4, 0.5) is 0 Å². The number of carbonyl (C=O) groups excluding carboxylic acids is 1. The summed E-state index contributed by atoms with van der Waals surface area (Å²) in [7, 11) is 0. The number of aliphatic hydroxyl groups is 1. The standard InChI is InChI=1S/C15H19NO2/c1-14(2)6-9-12(7-14)15(3,18)11-4-5-16-8-10(11)13(9)17/h4-5,8-9,12,18H,6-7H2,1-3H3/t9-,12+,15+/m0/s1. The van der Waals surface area contributed by atoms with E-state index in [1.807, 2.05) is 6.92 Å². The van der Waals surface area contributed by atoms with E-state index in [0.717, 1.165) is 18.4 Å². The summed E-state index contributed by atoms with van der Waals surface area (Å²) >= 11 is 0. The molecule has 0 radical (unpaired) electrons. The number of Topliss-reactive ketones (excluding diaryl/α,β-unsaturated/α-hetero) is 1. The van der Waals surface area contributed by atoms with E-state index in [-0.39, 0.29) is 23.0 Å². The van der Waals surface area contributed by atoms with Crippen molar-refractivity contribution in [3.63, 3.8) is 0 Å². The van der Waals surface area contributed by atoms with E-state index in [1.165, 1.54) is 0 Å². The molecule has 1 aromatic heterocycles. The van der Waals surface area contributed by atoms with E-state index in [9.17, 15) is 9.90 Å². The molecule has 2 aliphatic rings. The smallest absolute Gasteiger partial charge is 0.168 e. The van der Waals surface area contributed by atoms with Crippen molar-refractivity contribution in [2.45, 2.75) is 39.2 Å². The average Bonchev–Trinajstić information content (AvgIpc) is 2.64. The monoisotopic (exact) mass is 245 g/mol. The number of fused-ring (bicyclic) bond motifs is 2. The Morgan fingerprint density at radius 2 is 2.06 bits per heavy atom. The SMILES string of the molecule is CC1(C)C[C@@H]2C(=O)c3cnccc3[C@@](C)(O)[C@@H]2C1. The molecule has 0 bridgehead atoms. The van der Waals surface area contributed by atoms with Crippen LogP contribution < -0.4 is 0 Å². The van der Waals surface area contributed by atoms with E-state index in [4.69, 9.17) is 0 Å². The third-order valence-corrected chi connectivity index (χ3v) is 4.72. The molecule has 0 unspecified atom stereocenters. The van der Waals surface area contributed by atoms with Crippen LogP contribution in [-0.4, -0.2) is 15.9 Å². The van der Waals surface area contributed by atoms with Gasteiger partial charge in [-0.05, 0) is 36.8 Å². The van der Waals surface area contributed by atoms with E-state index >= 15 is 0 Å². The van der Waals surface area contributed by atoms with Gasteiger partial charge in [0.05, 0.1) is 5.60 Å². The summed E-state index contributed by atoms with van der Waals surface area (Å²) in [4.78, 5) is 16.6.